The van der Waals surface area contributed by atoms with E-state index in [1.54, 1.807) is 36.5 Å². The van der Waals surface area contributed by atoms with E-state index in [4.69, 9.17) is 10.00 Å². The van der Waals surface area contributed by atoms with Crippen LogP contribution in [0.25, 0.3) is 0 Å². The third-order valence-corrected chi connectivity index (χ3v) is 4.65. The van der Waals surface area contributed by atoms with E-state index in [0.29, 0.717) is 36.6 Å². The SMILES string of the molecule is N#Cc1ccccc1COc1ccc(C(=O)N2Cc3ccncc3C2)cc1. The number of hydrogen-bond acceptors (Lipinski definition) is 4. The average molecular weight is 355 g/mol. The van der Waals surface area contributed by atoms with E-state index in [2.05, 4.69) is 11.1 Å². The number of amides is 1. The highest BCUT2D eigenvalue weighted by Crippen LogP contribution is 2.24. The van der Waals surface area contributed by atoms with Gasteiger partial charge in [-0.15, -0.1) is 0 Å². The number of carbonyl (C=O) groups excluding carboxylic acids is 1. The van der Waals surface area contributed by atoms with Gasteiger partial charge in [-0.25, -0.2) is 0 Å². The summed E-state index contributed by atoms with van der Waals surface area (Å²) < 4.78 is 5.76. The van der Waals surface area contributed by atoms with Crippen LogP contribution in [0.15, 0.2) is 67.0 Å². The summed E-state index contributed by atoms with van der Waals surface area (Å²) in [5.74, 6) is 0.653. The van der Waals surface area contributed by atoms with Gasteiger partial charge in [-0.05, 0) is 47.5 Å². The summed E-state index contributed by atoms with van der Waals surface area (Å²) in [4.78, 5) is 18.6. The molecule has 132 valence electrons. The molecule has 0 saturated carbocycles. The number of fused-ring (bicyclic) bond motifs is 1. The van der Waals surface area contributed by atoms with Gasteiger partial charge in [0.05, 0.1) is 11.6 Å². The zero-order valence-corrected chi connectivity index (χ0v) is 14.6. The van der Waals surface area contributed by atoms with E-state index < -0.39 is 0 Å². The van der Waals surface area contributed by atoms with Gasteiger partial charge in [-0.1, -0.05) is 18.2 Å². The van der Waals surface area contributed by atoms with E-state index in [9.17, 15) is 4.79 Å². The minimum Gasteiger partial charge on any atom is -0.489 e. The number of ether oxygens (including phenoxy) is 1. The molecule has 0 spiro atoms. The molecule has 1 amide bonds. The lowest BCUT2D eigenvalue weighted by Gasteiger charge is -2.15. The average Bonchev–Trinajstić information content (AvgIpc) is 3.16. The van der Waals surface area contributed by atoms with Crippen LogP contribution < -0.4 is 4.74 Å². The van der Waals surface area contributed by atoms with Crippen LogP contribution in [0, 0.1) is 11.3 Å². The minimum atomic E-state index is -0.00687. The maximum Gasteiger partial charge on any atom is 0.254 e. The fourth-order valence-electron chi connectivity index (χ4n) is 3.16. The Morgan fingerprint density at radius 1 is 1.07 bits per heavy atom. The molecule has 0 fully saturated rings. The lowest BCUT2D eigenvalue weighted by molar-refractivity contribution is 0.0751. The Labute approximate surface area is 157 Å². The maximum atomic E-state index is 12.7. The minimum absolute atomic E-state index is 0.00687. The zero-order valence-electron chi connectivity index (χ0n) is 14.6. The monoisotopic (exact) mass is 355 g/mol. The molecule has 2 heterocycles. The summed E-state index contributed by atoms with van der Waals surface area (Å²) in [6, 6.07) is 18.6. The first kappa shape index (κ1) is 16.8. The molecule has 0 saturated heterocycles. The Morgan fingerprint density at radius 3 is 2.63 bits per heavy atom. The highest BCUT2D eigenvalue weighted by Gasteiger charge is 2.24. The summed E-state index contributed by atoms with van der Waals surface area (Å²) >= 11 is 0. The molecule has 1 aliphatic heterocycles. The van der Waals surface area contributed by atoms with Gasteiger partial charge in [0.15, 0.2) is 0 Å². The van der Waals surface area contributed by atoms with Gasteiger partial charge < -0.3 is 9.64 Å². The number of benzene rings is 2. The van der Waals surface area contributed by atoms with Crippen molar-refractivity contribution in [2.24, 2.45) is 0 Å². The molecule has 5 nitrogen and oxygen atoms in total. The number of nitriles is 1. The van der Waals surface area contributed by atoms with E-state index >= 15 is 0 Å². The van der Waals surface area contributed by atoms with Crippen LogP contribution in [-0.2, 0) is 19.7 Å². The standard InChI is InChI=1S/C22H17N3O2/c23-11-17-3-1-2-4-19(17)15-27-21-7-5-16(6-8-21)22(26)25-13-18-9-10-24-12-20(18)14-25/h1-10,12H,13-15H2. The molecule has 5 heteroatoms. The maximum absolute atomic E-state index is 12.7. The number of pyridine rings is 1. The number of aromatic nitrogens is 1. The number of carbonyl (C=O) groups is 1. The normalized spacial score (nSPS) is 12.3. The van der Waals surface area contributed by atoms with Crippen molar-refractivity contribution in [3.63, 3.8) is 0 Å². The molecule has 0 radical (unpaired) electrons. The second kappa shape index (κ2) is 7.30. The third-order valence-electron chi connectivity index (χ3n) is 4.65. The smallest absolute Gasteiger partial charge is 0.254 e. The van der Waals surface area contributed by atoms with Crippen LogP contribution in [0.2, 0.25) is 0 Å². The summed E-state index contributed by atoms with van der Waals surface area (Å²) in [6.07, 6.45) is 3.57. The van der Waals surface area contributed by atoms with Crippen molar-refractivity contribution in [3.05, 3.63) is 94.8 Å². The second-order valence-electron chi connectivity index (χ2n) is 6.39. The number of nitrogens with zero attached hydrogens (tertiary/aromatic N) is 3. The molecule has 1 aliphatic rings. The van der Waals surface area contributed by atoms with Crippen molar-refractivity contribution >= 4 is 5.91 Å². The van der Waals surface area contributed by atoms with E-state index in [1.807, 2.05) is 35.4 Å². The van der Waals surface area contributed by atoms with Crippen LogP contribution >= 0.6 is 0 Å². The molecule has 1 aromatic heterocycles. The Hall–Kier alpha value is -3.65. The summed E-state index contributed by atoms with van der Waals surface area (Å²) in [5.41, 5.74) is 4.31. The van der Waals surface area contributed by atoms with Gasteiger partial charge in [-0.3, -0.25) is 9.78 Å². The topological polar surface area (TPSA) is 66.2 Å². The van der Waals surface area contributed by atoms with Crippen molar-refractivity contribution in [2.75, 3.05) is 0 Å². The molecule has 0 bridgehead atoms. The van der Waals surface area contributed by atoms with Crippen LogP contribution in [0.5, 0.6) is 5.75 Å². The van der Waals surface area contributed by atoms with E-state index in [-0.39, 0.29) is 5.91 Å². The summed E-state index contributed by atoms with van der Waals surface area (Å²) in [6.45, 7) is 1.51. The molecule has 2 aromatic carbocycles. The predicted octanol–water partition coefficient (Wildman–Crippen LogP) is 3.69. The van der Waals surface area contributed by atoms with Gasteiger partial charge in [0, 0.05) is 36.6 Å². The van der Waals surface area contributed by atoms with Gasteiger partial charge in [-0.2, -0.15) is 5.26 Å². The quantitative estimate of drug-likeness (QED) is 0.716. The van der Waals surface area contributed by atoms with Gasteiger partial charge in [0.1, 0.15) is 12.4 Å². The Bertz CT molecular complexity index is 997. The highest BCUT2D eigenvalue weighted by atomic mass is 16.5. The highest BCUT2D eigenvalue weighted by molar-refractivity contribution is 5.94. The van der Waals surface area contributed by atoms with Crippen LogP contribution in [0.3, 0.4) is 0 Å². The Kier molecular flexibility index (Phi) is 4.54. The van der Waals surface area contributed by atoms with E-state index in [0.717, 1.165) is 16.7 Å². The molecule has 0 aliphatic carbocycles. The molecule has 0 unspecified atom stereocenters. The van der Waals surface area contributed by atoms with Crippen LogP contribution in [0.1, 0.15) is 32.6 Å². The summed E-state index contributed by atoms with van der Waals surface area (Å²) in [5, 5.41) is 9.13. The fraction of sp³-hybridized carbons (Fsp3) is 0.136. The number of rotatable bonds is 4. The van der Waals surface area contributed by atoms with Gasteiger partial charge in [0.25, 0.3) is 5.91 Å². The summed E-state index contributed by atoms with van der Waals surface area (Å²) in [7, 11) is 0. The zero-order chi connectivity index (χ0) is 18.6. The van der Waals surface area contributed by atoms with E-state index in [1.165, 1.54) is 0 Å². The lowest BCUT2D eigenvalue weighted by Crippen LogP contribution is -2.25. The molecule has 0 atom stereocenters. The first-order valence-electron chi connectivity index (χ1n) is 8.66. The first-order valence-corrected chi connectivity index (χ1v) is 8.66. The van der Waals surface area contributed by atoms with Gasteiger partial charge in [0.2, 0.25) is 0 Å². The third kappa shape index (κ3) is 3.51. The molecular formula is C22H17N3O2. The van der Waals surface area contributed by atoms with Crippen molar-refractivity contribution in [1.82, 2.24) is 9.88 Å². The first-order chi connectivity index (χ1) is 13.2. The lowest BCUT2D eigenvalue weighted by atomic mass is 10.1. The van der Waals surface area contributed by atoms with Crippen molar-refractivity contribution < 1.29 is 9.53 Å². The molecule has 4 rings (SSSR count). The van der Waals surface area contributed by atoms with Crippen LogP contribution in [-0.4, -0.2) is 15.8 Å². The largest absolute Gasteiger partial charge is 0.489 e. The Balaban J connectivity index is 1.41. The van der Waals surface area contributed by atoms with Crippen molar-refractivity contribution in [2.45, 2.75) is 19.7 Å². The fourth-order valence-corrected chi connectivity index (χ4v) is 3.16. The molecule has 27 heavy (non-hydrogen) atoms. The molecule has 0 N–H and O–H groups in total. The molecule has 3 aromatic rings. The van der Waals surface area contributed by atoms with Crippen LogP contribution in [0.4, 0.5) is 0 Å². The number of hydrogen-bond donors (Lipinski definition) is 0. The van der Waals surface area contributed by atoms with Crippen molar-refractivity contribution in [3.8, 4) is 11.8 Å². The Morgan fingerprint density at radius 2 is 1.85 bits per heavy atom. The second-order valence-corrected chi connectivity index (χ2v) is 6.39. The van der Waals surface area contributed by atoms with Crippen molar-refractivity contribution in [1.29, 1.82) is 5.26 Å². The predicted molar refractivity (Wildman–Crippen MR) is 99.7 cm³/mol. The van der Waals surface area contributed by atoms with Gasteiger partial charge >= 0.3 is 0 Å². The molecular weight excluding hydrogens is 338 g/mol.